The number of nitrogens with zero attached hydrogens (tertiary/aromatic N) is 1. The molecule has 1 aliphatic carbocycles. The molecule has 17 heavy (non-hydrogen) atoms. The van der Waals surface area contributed by atoms with Gasteiger partial charge in [0.1, 0.15) is 0 Å². The van der Waals surface area contributed by atoms with Gasteiger partial charge in [-0.15, -0.1) is 0 Å². The molecule has 0 spiro atoms. The normalized spacial score (nSPS) is 15.7. The lowest BCUT2D eigenvalue weighted by atomic mass is 10.4. The second-order valence-electron chi connectivity index (χ2n) is 4.43. The molecule has 0 aromatic carbocycles. The summed E-state index contributed by atoms with van der Waals surface area (Å²) in [6, 6.07) is 0. The van der Waals surface area contributed by atoms with E-state index in [4.69, 9.17) is 9.47 Å². The van der Waals surface area contributed by atoms with E-state index in [1.165, 1.54) is 18.9 Å². The number of esters is 1. The van der Waals surface area contributed by atoms with Crippen LogP contribution in [0.4, 0.5) is 0 Å². The fourth-order valence-electron chi connectivity index (χ4n) is 1.37. The molecule has 0 aromatic rings. The monoisotopic (exact) mass is 241 g/mol. The fourth-order valence-corrected chi connectivity index (χ4v) is 1.37. The van der Waals surface area contributed by atoms with E-state index in [2.05, 4.69) is 4.90 Å². The average Bonchev–Trinajstić information content (AvgIpc) is 3.09. The molecule has 1 aliphatic rings. The van der Waals surface area contributed by atoms with Crippen LogP contribution in [-0.2, 0) is 14.3 Å². The van der Waals surface area contributed by atoms with Gasteiger partial charge >= 0.3 is 5.97 Å². The van der Waals surface area contributed by atoms with Gasteiger partial charge < -0.3 is 14.4 Å². The third kappa shape index (κ3) is 7.94. The highest BCUT2D eigenvalue weighted by molar-refractivity contribution is 5.81. The first-order chi connectivity index (χ1) is 8.22. The van der Waals surface area contributed by atoms with Crippen LogP contribution >= 0.6 is 0 Å². The maximum absolute atomic E-state index is 11.0. The molecule has 0 amide bonds. The molecule has 0 aliphatic heterocycles. The van der Waals surface area contributed by atoms with Crippen molar-refractivity contribution >= 4 is 5.97 Å². The van der Waals surface area contributed by atoms with Crippen LogP contribution in [-0.4, -0.2) is 50.8 Å². The molecule has 0 radical (unpaired) electrons. The lowest BCUT2D eigenvalue weighted by molar-refractivity contribution is -0.137. The van der Waals surface area contributed by atoms with Gasteiger partial charge in [-0.1, -0.05) is 6.08 Å². The quantitative estimate of drug-likeness (QED) is 0.348. The summed E-state index contributed by atoms with van der Waals surface area (Å²) in [7, 11) is 2.01. The van der Waals surface area contributed by atoms with Gasteiger partial charge in [0.15, 0.2) is 0 Å². The number of rotatable bonds is 9. The van der Waals surface area contributed by atoms with E-state index < -0.39 is 0 Å². The first kappa shape index (κ1) is 14.2. The average molecular weight is 241 g/mol. The molecule has 98 valence electrons. The summed E-state index contributed by atoms with van der Waals surface area (Å²) in [6.45, 7) is 5.53. The van der Waals surface area contributed by atoms with Crippen LogP contribution in [0, 0.1) is 5.92 Å². The Balaban J connectivity index is 1.95. The highest BCUT2D eigenvalue weighted by atomic mass is 16.5. The molecule has 0 bridgehead atoms. The fraction of sp³-hybridized carbons (Fsp3) is 0.769. The molecule has 0 unspecified atom stereocenters. The number of ether oxygens (including phenoxy) is 2. The van der Waals surface area contributed by atoms with Gasteiger partial charge in [0.2, 0.25) is 0 Å². The summed E-state index contributed by atoms with van der Waals surface area (Å²) < 4.78 is 10.3. The molecule has 0 saturated heterocycles. The maximum atomic E-state index is 11.0. The molecular formula is C13H23NO3. The Morgan fingerprint density at radius 3 is 2.88 bits per heavy atom. The van der Waals surface area contributed by atoms with Crippen LogP contribution in [0.25, 0.3) is 0 Å². The van der Waals surface area contributed by atoms with E-state index >= 15 is 0 Å². The maximum Gasteiger partial charge on any atom is 0.330 e. The van der Waals surface area contributed by atoms with E-state index in [1.54, 1.807) is 6.92 Å². The number of carbonyl (C=O) groups is 1. The molecular weight excluding hydrogens is 218 g/mol. The third-order valence-corrected chi connectivity index (χ3v) is 2.63. The van der Waals surface area contributed by atoms with Crippen molar-refractivity contribution in [3.63, 3.8) is 0 Å². The smallest absolute Gasteiger partial charge is 0.330 e. The number of hydrogen-bond acceptors (Lipinski definition) is 4. The largest absolute Gasteiger partial charge is 0.463 e. The molecule has 0 heterocycles. The SMILES string of the molecule is CCOC(=O)/C=C/CN(C)CCOCC1CC1. The standard InChI is InChI=1S/C13H23NO3/c1-3-17-13(15)5-4-8-14(2)9-10-16-11-12-6-7-12/h4-5,12H,3,6-11H2,1-2H3/b5-4+. The van der Waals surface area contributed by atoms with Gasteiger partial charge in [0, 0.05) is 25.8 Å². The van der Waals surface area contributed by atoms with Crippen molar-refractivity contribution in [3.05, 3.63) is 12.2 Å². The van der Waals surface area contributed by atoms with Crippen molar-refractivity contribution < 1.29 is 14.3 Å². The third-order valence-electron chi connectivity index (χ3n) is 2.63. The Labute approximate surface area is 104 Å². The van der Waals surface area contributed by atoms with E-state index in [1.807, 2.05) is 13.1 Å². The van der Waals surface area contributed by atoms with E-state index in [0.29, 0.717) is 6.61 Å². The van der Waals surface area contributed by atoms with Crippen molar-refractivity contribution in [1.29, 1.82) is 0 Å². The Morgan fingerprint density at radius 1 is 1.47 bits per heavy atom. The topological polar surface area (TPSA) is 38.8 Å². The van der Waals surface area contributed by atoms with Crippen LogP contribution in [0.5, 0.6) is 0 Å². The summed E-state index contributed by atoms with van der Waals surface area (Å²) in [6.07, 6.45) is 5.96. The Hall–Kier alpha value is -0.870. The summed E-state index contributed by atoms with van der Waals surface area (Å²) in [5.41, 5.74) is 0. The van der Waals surface area contributed by atoms with Gasteiger partial charge in [-0.05, 0) is 32.7 Å². The Morgan fingerprint density at radius 2 is 2.24 bits per heavy atom. The predicted octanol–water partition coefficient (Wildman–Crippen LogP) is 1.46. The van der Waals surface area contributed by atoms with Crippen LogP contribution < -0.4 is 0 Å². The second kappa shape index (κ2) is 8.25. The summed E-state index contributed by atoms with van der Waals surface area (Å²) in [5, 5.41) is 0. The minimum atomic E-state index is -0.272. The predicted molar refractivity (Wildman–Crippen MR) is 66.8 cm³/mol. The minimum Gasteiger partial charge on any atom is -0.463 e. The Bertz CT molecular complexity index is 249. The van der Waals surface area contributed by atoms with Crippen molar-refractivity contribution in [2.45, 2.75) is 19.8 Å². The van der Waals surface area contributed by atoms with Crippen LogP contribution in [0.15, 0.2) is 12.2 Å². The van der Waals surface area contributed by atoms with Crippen molar-refractivity contribution in [2.75, 3.05) is 40.0 Å². The zero-order valence-electron chi connectivity index (χ0n) is 10.9. The van der Waals surface area contributed by atoms with E-state index in [-0.39, 0.29) is 5.97 Å². The molecule has 0 N–H and O–H groups in total. The lowest BCUT2D eigenvalue weighted by Gasteiger charge is -2.13. The van der Waals surface area contributed by atoms with Gasteiger partial charge in [0.25, 0.3) is 0 Å². The number of carbonyl (C=O) groups excluding carboxylic acids is 1. The Kier molecular flexibility index (Phi) is 6.89. The zero-order valence-corrected chi connectivity index (χ0v) is 10.9. The summed E-state index contributed by atoms with van der Waals surface area (Å²) >= 11 is 0. The minimum absolute atomic E-state index is 0.272. The molecule has 1 saturated carbocycles. The first-order valence-corrected chi connectivity index (χ1v) is 6.32. The molecule has 1 fully saturated rings. The van der Waals surface area contributed by atoms with Gasteiger partial charge in [-0.25, -0.2) is 4.79 Å². The highest BCUT2D eigenvalue weighted by Crippen LogP contribution is 2.28. The van der Waals surface area contributed by atoms with E-state index in [9.17, 15) is 4.79 Å². The molecule has 1 rings (SSSR count). The highest BCUT2D eigenvalue weighted by Gasteiger charge is 2.20. The number of likely N-dealkylation sites (N-methyl/N-ethyl adjacent to an activating group) is 1. The van der Waals surface area contributed by atoms with Crippen molar-refractivity contribution in [3.8, 4) is 0 Å². The lowest BCUT2D eigenvalue weighted by Crippen LogP contribution is -2.23. The second-order valence-corrected chi connectivity index (χ2v) is 4.43. The zero-order chi connectivity index (χ0) is 12.5. The van der Waals surface area contributed by atoms with Crippen molar-refractivity contribution in [2.24, 2.45) is 5.92 Å². The van der Waals surface area contributed by atoms with E-state index in [0.717, 1.165) is 32.2 Å². The van der Waals surface area contributed by atoms with Crippen LogP contribution in [0.1, 0.15) is 19.8 Å². The first-order valence-electron chi connectivity index (χ1n) is 6.32. The summed E-state index contributed by atoms with van der Waals surface area (Å²) in [4.78, 5) is 13.1. The molecule has 4 heteroatoms. The van der Waals surface area contributed by atoms with Crippen LogP contribution in [0.3, 0.4) is 0 Å². The molecule has 4 nitrogen and oxygen atoms in total. The summed E-state index contributed by atoms with van der Waals surface area (Å²) in [5.74, 6) is 0.551. The van der Waals surface area contributed by atoms with Gasteiger partial charge in [-0.3, -0.25) is 0 Å². The molecule has 0 aromatic heterocycles. The van der Waals surface area contributed by atoms with Gasteiger partial charge in [0.05, 0.1) is 13.2 Å². The molecule has 0 atom stereocenters. The van der Waals surface area contributed by atoms with Crippen LogP contribution in [0.2, 0.25) is 0 Å². The van der Waals surface area contributed by atoms with Gasteiger partial charge in [-0.2, -0.15) is 0 Å². The number of hydrogen-bond donors (Lipinski definition) is 0. The van der Waals surface area contributed by atoms with Crippen molar-refractivity contribution in [1.82, 2.24) is 4.90 Å².